The molecule has 0 atom stereocenters. The van der Waals surface area contributed by atoms with Gasteiger partial charge in [0, 0.05) is 29.6 Å². The number of aromatic nitrogens is 3. The molecule has 2 aromatic heterocycles. The number of nitrogens with one attached hydrogen (secondary N) is 1. The Morgan fingerprint density at radius 3 is 2.16 bits per heavy atom. The van der Waals surface area contributed by atoms with Gasteiger partial charge >= 0.3 is 0 Å². The number of ether oxygens (including phenoxy) is 4. The molecule has 0 radical (unpaired) electrons. The Morgan fingerprint density at radius 1 is 0.812 bits per heavy atom. The molecule has 164 valence electrons. The van der Waals surface area contributed by atoms with E-state index in [9.17, 15) is 4.79 Å². The van der Waals surface area contributed by atoms with Crippen molar-refractivity contribution in [1.82, 2.24) is 14.6 Å². The van der Waals surface area contributed by atoms with Crippen LogP contribution in [0.15, 0.2) is 54.7 Å². The van der Waals surface area contributed by atoms with Crippen LogP contribution in [0.5, 0.6) is 23.0 Å². The van der Waals surface area contributed by atoms with Gasteiger partial charge in [-0.25, -0.2) is 9.50 Å². The van der Waals surface area contributed by atoms with Gasteiger partial charge in [-0.1, -0.05) is 0 Å². The quantitative estimate of drug-likeness (QED) is 0.474. The van der Waals surface area contributed by atoms with Gasteiger partial charge in [0.15, 0.2) is 34.3 Å². The van der Waals surface area contributed by atoms with E-state index in [2.05, 4.69) is 15.4 Å². The van der Waals surface area contributed by atoms with Crippen molar-refractivity contribution in [3.05, 3.63) is 60.4 Å². The minimum absolute atomic E-state index is 0.233. The van der Waals surface area contributed by atoms with Crippen LogP contribution in [0.1, 0.15) is 10.5 Å². The van der Waals surface area contributed by atoms with Gasteiger partial charge in [-0.05, 0) is 36.4 Å². The molecule has 4 aromatic rings. The molecule has 0 unspecified atom stereocenters. The number of rotatable bonds is 7. The van der Waals surface area contributed by atoms with E-state index >= 15 is 0 Å². The van der Waals surface area contributed by atoms with E-state index < -0.39 is 0 Å². The minimum Gasteiger partial charge on any atom is -0.493 e. The molecule has 0 bridgehead atoms. The summed E-state index contributed by atoms with van der Waals surface area (Å²) in [6.07, 6.45) is 1.75. The summed E-state index contributed by atoms with van der Waals surface area (Å²) in [6.45, 7) is 0. The largest absolute Gasteiger partial charge is 0.493 e. The van der Waals surface area contributed by atoms with E-state index in [1.165, 1.54) is 7.11 Å². The molecule has 2 heterocycles. The minimum atomic E-state index is -0.365. The van der Waals surface area contributed by atoms with E-state index in [1.807, 2.05) is 24.3 Å². The highest BCUT2D eigenvalue weighted by molar-refractivity contribution is 6.03. The first-order valence-corrected chi connectivity index (χ1v) is 9.68. The maximum atomic E-state index is 12.7. The second-order valence-corrected chi connectivity index (χ2v) is 6.74. The zero-order chi connectivity index (χ0) is 22.7. The lowest BCUT2D eigenvalue weighted by Crippen LogP contribution is -2.12. The molecule has 0 saturated heterocycles. The number of hydrogen-bond acceptors (Lipinski definition) is 7. The smallest absolute Gasteiger partial charge is 0.276 e. The monoisotopic (exact) mass is 434 g/mol. The molecular formula is C23H22N4O5. The van der Waals surface area contributed by atoms with Crippen LogP contribution in [0.2, 0.25) is 0 Å². The zero-order valence-corrected chi connectivity index (χ0v) is 18.1. The summed E-state index contributed by atoms with van der Waals surface area (Å²) >= 11 is 0. The predicted molar refractivity (Wildman–Crippen MR) is 119 cm³/mol. The third-order valence-electron chi connectivity index (χ3n) is 4.88. The highest BCUT2D eigenvalue weighted by Gasteiger charge is 2.15. The molecule has 0 aliphatic heterocycles. The van der Waals surface area contributed by atoms with Crippen LogP contribution in [0.4, 0.5) is 5.69 Å². The first-order chi connectivity index (χ1) is 15.6. The fourth-order valence-corrected chi connectivity index (χ4v) is 3.26. The molecule has 2 aromatic carbocycles. The van der Waals surface area contributed by atoms with Crippen molar-refractivity contribution in [1.29, 1.82) is 0 Å². The third-order valence-corrected chi connectivity index (χ3v) is 4.88. The summed E-state index contributed by atoms with van der Waals surface area (Å²) in [5, 5.41) is 7.13. The molecule has 1 amide bonds. The summed E-state index contributed by atoms with van der Waals surface area (Å²) in [5.41, 5.74) is 2.89. The van der Waals surface area contributed by atoms with Gasteiger partial charge in [-0.2, -0.15) is 5.10 Å². The van der Waals surface area contributed by atoms with E-state index in [1.54, 1.807) is 56.3 Å². The van der Waals surface area contributed by atoms with Gasteiger partial charge in [0.2, 0.25) is 0 Å². The Balaban J connectivity index is 1.60. The zero-order valence-electron chi connectivity index (χ0n) is 18.1. The van der Waals surface area contributed by atoms with Gasteiger partial charge in [-0.15, -0.1) is 0 Å². The van der Waals surface area contributed by atoms with Gasteiger partial charge in [0.25, 0.3) is 5.91 Å². The average molecular weight is 434 g/mol. The Bertz CT molecular complexity index is 1280. The molecule has 1 N–H and O–H groups in total. The maximum absolute atomic E-state index is 12.7. The number of fused-ring (bicyclic) bond motifs is 1. The SMILES string of the molecule is COc1ccc(NC(=O)c2cc3nc(-c4ccc(OC)c(OC)c4)ccn3n2)cc1OC. The van der Waals surface area contributed by atoms with E-state index in [4.69, 9.17) is 18.9 Å². The fraction of sp³-hybridized carbons (Fsp3) is 0.174. The fourth-order valence-electron chi connectivity index (χ4n) is 3.26. The number of nitrogens with zero attached hydrogens (tertiary/aromatic N) is 3. The third kappa shape index (κ3) is 4.00. The average Bonchev–Trinajstić information content (AvgIpc) is 3.27. The van der Waals surface area contributed by atoms with Crippen molar-refractivity contribution >= 4 is 17.2 Å². The summed E-state index contributed by atoms with van der Waals surface area (Å²) in [6, 6.07) is 14.1. The van der Waals surface area contributed by atoms with Crippen molar-refractivity contribution < 1.29 is 23.7 Å². The lowest BCUT2D eigenvalue weighted by Gasteiger charge is -2.09. The highest BCUT2D eigenvalue weighted by atomic mass is 16.5. The van der Waals surface area contributed by atoms with Crippen molar-refractivity contribution in [2.75, 3.05) is 33.8 Å². The van der Waals surface area contributed by atoms with E-state index in [-0.39, 0.29) is 11.6 Å². The standard InChI is InChI=1S/C23H22N4O5/c1-29-18-7-5-14(11-20(18)31-3)16-9-10-27-22(25-16)13-17(26-27)23(28)24-15-6-8-19(30-2)21(12-15)32-4/h5-13H,1-4H3,(H,24,28). The van der Waals surface area contributed by atoms with Crippen LogP contribution in [0.3, 0.4) is 0 Å². The first kappa shape index (κ1) is 21.0. The van der Waals surface area contributed by atoms with E-state index in [0.29, 0.717) is 40.0 Å². The van der Waals surface area contributed by atoms with Crippen LogP contribution < -0.4 is 24.3 Å². The van der Waals surface area contributed by atoms with Crippen LogP contribution >= 0.6 is 0 Å². The molecule has 0 aliphatic carbocycles. The number of anilines is 1. The highest BCUT2D eigenvalue weighted by Crippen LogP contribution is 2.32. The van der Waals surface area contributed by atoms with Gasteiger partial charge in [0.05, 0.1) is 34.1 Å². The topological polar surface area (TPSA) is 96.2 Å². The molecule has 0 fully saturated rings. The van der Waals surface area contributed by atoms with Crippen LogP contribution in [0, 0.1) is 0 Å². The second kappa shape index (κ2) is 8.84. The van der Waals surface area contributed by atoms with Crippen molar-refractivity contribution in [2.45, 2.75) is 0 Å². The Hall–Kier alpha value is -4.27. The number of benzene rings is 2. The van der Waals surface area contributed by atoms with Crippen LogP contribution in [0.25, 0.3) is 16.9 Å². The summed E-state index contributed by atoms with van der Waals surface area (Å²) in [7, 11) is 6.25. The molecule has 32 heavy (non-hydrogen) atoms. The number of carbonyl (C=O) groups is 1. The molecular weight excluding hydrogens is 412 g/mol. The molecule has 9 heteroatoms. The Labute approximate surface area is 184 Å². The summed E-state index contributed by atoms with van der Waals surface area (Å²) in [5.74, 6) is 1.97. The summed E-state index contributed by atoms with van der Waals surface area (Å²) < 4.78 is 22.7. The van der Waals surface area contributed by atoms with Gasteiger partial charge < -0.3 is 24.3 Å². The number of amides is 1. The van der Waals surface area contributed by atoms with Crippen molar-refractivity contribution in [3.8, 4) is 34.3 Å². The second-order valence-electron chi connectivity index (χ2n) is 6.74. The van der Waals surface area contributed by atoms with Gasteiger partial charge in [0.1, 0.15) is 0 Å². The molecule has 0 spiro atoms. The van der Waals surface area contributed by atoms with E-state index in [0.717, 1.165) is 5.56 Å². The number of hydrogen-bond donors (Lipinski definition) is 1. The lowest BCUT2D eigenvalue weighted by atomic mass is 10.1. The Kier molecular flexibility index (Phi) is 5.80. The van der Waals surface area contributed by atoms with Crippen LogP contribution in [-0.4, -0.2) is 48.9 Å². The van der Waals surface area contributed by atoms with Crippen LogP contribution in [-0.2, 0) is 0 Å². The molecule has 0 saturated carbocycles. The first-order valence-electron chi connectivity index (χ1n) is 9.68. The summed E-state index contributed by atoms with van der Waals surface area (Å²) in [4.78, 5) is 17.4. The Morgan fingerprint density at radius 2 is 1.47 bits per heavy atom. The molecule has 0 aliphatic rings. The lowest BCUT2D eigenvalue weighted by molar-refractivity contribution is 0.102. The normalized spacial score (nSPS) is 10.6. The number of carbonyl (C=O) groups excluding carboxylic acids is 1. The van der Waals surface area contributed by atoms with Gasteiger partial charge in [-0.3, -0.25) is 4.79 Å². The number of methoxy groups -OCH3 is 4. The predicted octanol–water partition coefficient (Wildman–Crippen LogP) is 3.68. The molecule has 4 rings (SSSR count). The van der Waals surface area contributed by atoms with Crippen molar-refractivity contribution in [3.63, 3.8) is 0 Å². The van der Waals surface area contributed by atoms with Crippen molar-refractivity contribution in [2.24, 2.45) is 0 Å². The molecule has 9 nitrogen and oxygen atoms in total. The maximum Gasteiger partial charge on any atom is 0.276 e.